The summed E-state index contributed by atoms with van der Waals surface area (Å²) >= 11 is 11.6. The van der Waals surface area contributed by atoms with E-state index in [2.05, 4.69) is 14.7 Å². The molecule has 0 saturated heterocycles. The smallest absolute Gasteiger partial charge is 0.265 e. The highest BCUT2D eigenvalue weighted by Crippen LogP contribution is 2.32. The third-order valence-electron chi connectivity index (χ3n) is 2.12. The lowest BCUT2D eigenvalue weighted by atomic mass is 10.3. The number of aromatic nitrogens is 2. The van der Waals surface area contributed by atoms with Crippen LogP contribution in [0.4, 0.5) is 11.4 Å². The molecule has 1 aromatic heterocycles. The van der Waals surface area contributed by atoms with Gasteiger partial charge in [-0.05, 0) is 12.1 Å². The first kappa shape index (κ1) is 13.9. The Balaban J connectivity index is 2.46. The Labute approximate surface area is 119 Å². The summed E-state index contributed by atoms with van der Waals surface area (Å²) in [6, 6.07) is 2.61. The fraction of sp³-hybridized carbons (Fsp3) is 0. The van der Waals surface area contributed by atoms with Crippen LogP contribution in [0.1, 0.15) is 0 Å². The summed E-state index contributed by atoms with van der Waals surface area (Å²) in [5, 5.41) is 0.193. The van der Waals surface area contributed by atoms with E-state index in [0.717, 1.165) is 0 Å². The van der Waals surface area contributed by atoms with Crippen molar-refractivity contribution in [3.63, 3.8) is 0 Å². The fourth-order valence-corrected chi connectivity index (χ4v) is 3.44. The molecule has 0 unspecified atom stereocenters. The van der Waals surface area contributed by atoms with E-state index in [-0.39, 0.29) is 26.3 Å². The van der Waals surface area contributed by atoms with Crippen molar-refractivity contribution >= 4 is 44.6 Å². The summed E-state index contributed by atoms with van der Waals surface area (Å²) < 4.78 is 26.6. The third kappa shape index (κ3) is 3.06. The fourth-order valence-electron chi connectivity index (χ4n) is 1.42. The molecular weight excluding hydrogens is 311 g/mol. The van der Waals surface area contributed by atoms with Crippen LogP contribution in [-0.2, 0) is 10.0 Å². The van der Waals surface area contributed by atoms with Gasteiger partial charge in [-0.3, -0.25) is 4.72 Å². The molecule has 0 fully saturated rings. The number of nitrogens with zero attached hydrogens (tertiary/aromatic N) is 2. The molecule has 0 radical (unpaired) electrons. The molecule has 0 aliphatic rings. The molecule has 2 aromatic rings. The van der Waals surface area contributed by atoms with Gasteiger partial charge in [0.2, 0.25) is 0 Å². The van der Waals surface area contributed by atoms with Gasteiger partial charge in [0.25, 0.3) is 10.0 Å². The second-order valence-corrected chi connectivity index (χ2v) is 6.00. The van der Waals surface area contributed by atoms with E-state index >= 15 is 0 Å². The molecule has 0 atom stereocenters. The summed E-state index contributed by atoms with van der Waals surface area (Å²) in [4.78, 5) is 7.16. The Hall–Kier alpha value is -1.57. The standard InChI is InChI=1S/C10H8Cl2N4O2S/c11-6-1-8(12)10(9(13)2-6)19(17,18)16-7-3-14-5-15-4-7/h1-5,16H,13H2. The minimum atomic E-state index is -3.94. The maximum Gasteiger partial charge on any atom is 0.265 e. The molecule has 0 amide bonds. The van der Waals surface area contributed by atoms with E-state index in [4.69, 9.17) is 28.9 Å². The van der Waals surface area contributed by atoms with E-state index < -0.39 is 10.0 Å². The van der Waals surface area contributed by atoms with Crippen LogP contribution in [0.25, 0.3) is 0 Å². The van der Waals surface area contributed by atoms with Gasteiger partial charge in [0.05, 0.1) is 28.8 Å². The number of benzene rings is 1. The van der Waals surface area contributed by atoms with Gasteiger partial charge in [-0.1, -0.05) is 23.2 Å². The van der Waals surface area contributed by atoms with Crippen LogP contribution in [0.3, 0.4) is 0 Å². The molecule has 3 N–H and O–H groups in total. The normalized spacial score (nSPS) is 11.3. The molecule has 0 aliphatic heterocycles. The molecule has 19 heavy (non-hydrogen) atoms. The van der Waals surface area contributed by atoms with Gasteiger partial charge < -0.3 is 5.73 Å². The molecular formula is C10H8Cl2N4O2S. The quantitative estimate of drug-likeness (QED) is 0.845. The van der Waals surface area contributed by atoms with Crippen LogP contribution < -0.4 is 10.5 Å². The predicted octanol–water partition coefficient (Wildman–Crippen LogP) is 2.17. The minimum absolute atomic E-state index is 0.0400. The van der Waals surface area contributed by atoms with Crippen molar-refractivity contribution in [2.75, 3.05) is 10.5 Å². The molecule has 0 spiro atoms. The zero-order valence-electron chi connectivity index (χ0n) is 9.34. The van der Waals surface area contributed by atoms with Gasteiger partial charge in [-0.15, -0.1) is 0 Å². The summed E-state index contributed by atoms with van der Waals surface area (Å²) in [7, 11) is -3.94. The maximum atomic E-state index is 12.2. The zero-order valence-corrected chi connectivity index (χ0v) is 11.7. The number of anilines is 2. The molecule has 0 saturated carbocycles. The lowest BCUT2D eigenvalue weighted by Gasteiger charge is -2.11. The van der Waals surface area contributed by atoms with Crippen LogP contribution in [0.5, 0.6) is 0 Å². The van der Waals surface area contributed by atoms with E-state index in [1.807, 2.05) is 0 Å². The number of nitrogen functional groups attached to an aromatic ring is 1. The Morgan fingerprint density at radius 1 is 1.16 bits per heavy atom. The van der Waals surface area contributed by atoms with Crippen molar-refractivity contribution in [2.45, 2.75) is 4.90 Å². The van der Waals surface area contributed by atoms with Gasteiger partial charge in [0.15, 0.2) is 0 Å². The summed E-state index contributed by atoms with van der Waals surface area (Å²) in [5.41, 5.74) is 5.80. The molecule has 2 rings (SSSR count). The van der Waals surface area contributed by atoms with Gasteiger partial charge in [0, 0.05) is 5.02 Å². The number of halogens is 2. The van der Waals surface area contributed by atoms with Crippen molar-refractivity contribution < 1.29 is 8.42 Å². The van der Waals surface area contributed by atoms with E-state index in [0.29, 0.717) is 0 Å². The van der Waals surface area contributed by atoms with Gasteiger partial charge in [-0.25, -0.2) is 18.4 Å². The summed E-state index contributed by atoms with van der Waals surface area (Å²) in [6.07, 6.45) is 3.90. The SMILES string of the molecule is Nc1cc(Cl)cc(Cl)c1S(=O)(=O)Nc1cncnc1. The van der Waals surface area contributed by atoms with Crippen molar-refractivity contribution in [1.82, 2.24) is 9.97 Å². The molecule has 9 heteroatoms. The highest BCUT2D eigenvalue weighted by Gasteiger charge is 2.22. The second-order valence-electron chi connectivity index (χ2n) is 3.54. The molecule has 0 aliphatic carbocycles. The Bertz CT molecular complexity index is 684. The molecule has 1 heterocycles. The number of hydrogen-bond donors (Lipinski definition) is 2. The number of nitrogens with one attached hydrogen (secondary N) is 1. The lowest BCUT2D eigenvalue weighted by Crippen LogP contribution is -2.15. The second kappa shape index (κ2) is 5.20. The monoisotopic (exact) mass is 318 g/mol. The van der Waals surface area contributed by atoms with Crippen LogP contribution >= 0.6 is 23.2 Å². The van der Waals surface area contributed by atoms with E-state index in [9.17, 15) is 8.42 Å². The zero-order chi connectivity index (χ0) is 14.0. The third-order valence-corrected chi connectivity index (χ3v) is 4.24. The predicted molar refractivity (Wildman–Crippen MR) is 73.7 cm³/mol. The Kier molecular flexibility index (Phi) is 3.79. The highest BCUT2D eigenvalue weighted by atomic mass is 35.5. The molecule has 100 valence electrons. The van der Waals surface area contributed by atoms with E-state index in [1.54, 1.807) is 0 Å². The maximum absolute atomic E-state index is 12.2. The van der Waals surface area contributed by atoms with Crippen LogP contribution in [-0.4, -0.2) is 18.4 Å². The summed E-state index contributed by atoms with van der Waals surface area (Å²) in [5.74, 6) is 0. The van der Waals surface area contributed by atoms with Crippen LogP contribution in [0, 0.1) is 0 Å². The van der Waals surface area contributed by atoms with Crippen molar-refractivity contribution in [3.05, 3.63) is 40.9 Å². The largest absolute Gasteiger partial charge is 0.398 e. The summed E-state index contributed by atoms with van der Waals surface area (Å²) in [6.45, 7) is 0. The Morgan fingerprint density at radius 3 is 2.37 bits per heavy atom. The molecule has 0 bridgehead atoms. The molecule has 1 aromatic carbocycles. The number of rotatable bonds is 3. The number of hydrogen-bond acceptors (Lipinski definition) is 5. The topological polar surface area (TPSA) is 98.0 Å². The van der Waals surface area contributed by atoms with Crippen molar-refractivity contribution in [2.24, 2.45) is 0 Å². The number of nitrogens with two attached hydrogens (primary N) is 1. The first-order chi connectivity index (χ1) is 8.90. The minimum Gasteiger partial charge on any atom is -0.398 e. The van der Waals surface area contributed by atoms with Gasteiger partial charge in [0.1, 0.15) is 11.2 Å². The van der Waals surface area contributed by atoms with Gasteiger partial charge in [-0.2, -0.15) is 0 Å². The average Bonchev–Trinajstić information content (AvgIpc) is 2.27. The molecule has 6 nitrogen and oxygen atoms in total. The first-order valence-electron chi connectivity index (χ1n) is 4.92. The van der Waals surface area contributed by atoms with Crippen LogP contribution in [0.15, 0.2) is 35.7 Å². The van der Waals surface area contributed by atoms with Crippen molar-refractivity contribution in [1.29, 1.82) is 0 Å². The van der Waals surface area contributed by atoms with E-state index in [1.165, 1.54) is 30.9 Å². The highest BCUT2D eigenvalue weighted by molar-refractivity contribution is 7.93. The Morgan fingerprint density at radius 2 is 1.79 bits per heavy atom. The van der Waals surface area contributed by atoms with Crippen molar-refractivity contribution in [3.8, 4) is 0 Å². The first-order valence-corrected chi connectivity index (χ1v) is 7.16. The lowest BCUT2D eigenvalue weighted by molar-refractivity contribution is 0.601. The average molecular weight is 319 g/mol. The van der Waals surface area contributed by atoms with Crippen LogP contribution in [0.2, 0.25) is 10.0 Å². The number of sulfonamides is 1. The van der Waals surface area contributed by atoms with Gasteiger partial charge >= 0.3 is 0 Å².